The summed E-state index contributed by atoms with van der Waals surface area (Å²) in [4.78, 5) is 41.9. The van der Waals surface area contributed by atoms with Crippen LogP contribution < -0.4 is 10.6 Å². The monoisotopic (exact) mass is 525 g/mol. The molecule has 7 nitrogen and oxygen atoms in total. The van der Waals surface area contributed by atoms with Gasteiger partial charge in [-0.25, -0.2) is 4.79 Å². The second-order valence-corrected chi connectivity index (χ2v) is 10.3. The van der Waals surface area contributed by atoms with Crippen molar-refractivity contribution < 1.29 is 19.1 Å². The zero-order valence-electron chi connectivity index (χ0n) is 22.6. The van der Waals surface area contributed by atoms with E-state index in [-0.39, 0.29) is 17.7 Å². The van der Waals surface area contributed by atoms with Gasteiger partial charge in [0.1, 0.15) is 17.7 Å². The molecule has 3 amide bonds. The number of ether oxygens (including phenoxy) is 1. The summed E-state index contributed by atoms with van der Waals surface area (Å²) in [5.41, 5.74) is 2.28. The first-order chi connectivity index (χ1) is 17.4. The molecule has 0 saturated heterocycles. The summed E-state index contributed by atoms with van der Waals surface area (Å²) >= 11 is 4.33. The molecule has 8 heteroatoms. The van der Waals surface area contributed by atoms with Crippen LogP contribution in [-0.2, 0) is 14.3 Å². The maximum Gasteiger partial charge on any atom is 0.408 e. The van der Waals surface area contributed by atoms with E-state index in [1.165, 1.54) is 4.90 Å². The number of anilines is 1. The molecule has 2 aromatic carbocycles. The van der Waals surface area contributed by atoms with E-state index in [2.05, 4.69) is 29.8 Å². The average Bonchev–Trinajstić information content (AvgIpc) is 2.85. The third-order valence-corrected chi connectivity index (χ3v) is 6.25. The summed E-state index contributed by atoms with van der Waals surface area (Å²) in [5.74, 6) is -0.757. The van der Waals surface area contributed by atoms with Crippen molar-refractivity contribution in [3.05, 3.63) is 71.8 Å². The number of hydrogen-bond acceptors (Lipinski definition) is 5. The van der Waals surface area contributed by atoms with Crippen molar-refractivity contribution >= 4 is 42.3 Å². The lowest BCUT2D eigenvalue weighted by Gasteiger charge is -2.38. The number of carbonyl (C=O) groups excluding carboxylic acids is 3. The molecule has 2 rings (SSSR count). The molecular formula is C29H39N3O4S. The van der Waals surface area contributed by atoms with E-state index in [1.807, 2.05) is 69.3 Å². The van der Waals surface area contributed by atoms with Gasteiger partial charge in [0.05, 0.1) is 0 Å². The Labute approximate surface area is 226 Å². The predicted octanol–water partition coefficient (Wildman–Crippen LogP) is 5.77. The van der Waals surface area contributed by atoms with Crippen LogP contribution in [0.4, 0.5) is 10.5 Å². The molecule has 0 heterocycles. The number of para-hydroxylation sites is 1. The van der Waals surface area contributed by atoms with E-state index in [4.69, 9.17) is 4.74 Å². The molecule has 3 atom stereocenters. The van der Waals surface area contributed by atoms with Crippen LogP contribution in [0.1, 0.15) is 63.8 Å². The molecule has 0 fully saturated rings. The smallest absolute Gasteiger partial charge is 0.408 e. The van der Waals surface area contributed by atoms with Crippen LogP contribution in [0.25, 0.3) is 6.08 Å². The van der Waals surface area contributed by atoms with Crippen molar-refractivity contribution in [2.75, 3.05) is 11.1 Å². The molecule has 200 valence electrons. The quantitative estimate of drug-likeness (QED) is 0.344. The Hall–Kier alpha value is -3.26. The van der Waals surface area contributed by atoms with Gasteiger partial charge in [0.2, 0.25) is 5.91 Å². The number of benzene rings is 2. The zero-order chi connectivity index (χ0) is 27.8. The summed E-state index contributed by atoms with van der Waals surface area (Å²) in [6.45, 7) is 14.8. The van der Waals surface area contributed by atoms with Gasteiger partial charge in [-0.3, -0.25) is 9.59 Å². The van der Waals surface area contributed by atoms with E-state index in [9.17, 15) is 14.4 Å². The van der Waals surface area contributed by atoms with Crippen molar-refractivity contribution in [2.45, 2.75) is 71.7 Å². The Morgan fingerprint density at radius 3 is 2.38 bits per heavy atom. The summed E-state index contributed by atoms with van der Waals surface area (Å²) in [5, 5.41) is 5.63. The number of nitrogens with zero attached hydrogens (tertiary/aromatic N) is 1. The fourth-order valence-electron chi connectivity index (χ4n) is 3.82. The third-order valence-electron chi connectivity index (χ3n) is 5.88. The minimum absolute atomic E-state index is 0.0316. The second kappa shape index (κ2) is 13.3. The molecule has 0 aliphatic rings. The molecule has 37 heavy (non-hydrogen) atoms. The number of alkyl carbamates (subject to hydrolysis) is 1. The molecule has 0 spiro atoms. The van der Waals surface area contributed by atoms with Crippen LogP contribution in [0.15, 0.2) is 55.1 Å². The third kappa shape index (κ3) is 8.39. The number of rotatable bonds is 10. The average molecular weight is 526 g/mol. The molecule has 2 aromatic rings. The summed E-state index contributed by atoms with van der Waals surface area (Å²) in [7, 11) is 0. The van der Waals surface area contributed by atoms with Crippen LogP contribution in [0, 0.1) is 6.92 Å². The molecule has 0 radical (unpaired) electrons. The van der Waals surface area contributed by atoms with Crippen molar-refractivity contribution in [1.29, 1.82) is 0 Å². The highest BCUT2D eigenvalue weighted by atomic mass is 32.1. The number of amides is 3. The van der Waals surface area contributed by atoms with E-state index in [0.29, 0.717) is 17.7 Å². The Bertz CT molecular complexity index is 1110. The van der Waals surface area contributed by atoms with Crippen LogP contribution >= 0.6 is 12.6 Å². The normalized spacial score (nSPS) is 13.6. The number of nitrogens with one attached hydrogen (secondary N) is 2. The van der Waals surface area contributed by atoms with Crippen LogP contribution in [-0.4, -0.2) is 46.2 Å². The fraction of sp³-hybridized carbons (Fsp3) is 0.414. The summed E-state index contributed by atoms with van der Waals surface area (Å²) < 4.78 is 5.36. The lowest BCUT2D eigenvalue weighted by Crippen LogP contribution is -2.55. The van der Waals surface area contributed by atoms with Gasteiger partial charge < -0.3 is 20.3 Å². The van der Waals surface area contributed by atoms with Gasteiger partial charge in [0.25, 0.3) is 5.91 Å². The first-order valence-corrected chi connectivity index (χ1v) is 13.1. The standard InChI is InChI=1S/C29H39N3O4S/c1-8-20(4)32(27(34)24(18-37)31-28(35)36-29(5,6)7)25(22-15-12-14-21(9-2)17-22)26(33)30-23-16-11-10-13-19(23)3/h9-17,20,24-25,37H,2,8,18H2,1,3-7H3,(H,30,33)(H,31,35). The highest BCUT2D eigenvalue weighted by molar-refractivity contribution is 7.80. The van der Waals surface area contributed by atoms with E-state index < -0.39 is 29.7 Å². The molecule has 0 aromatic heterocycles. The Kier molecular flexibility index (Phi) is 10.8. The van der Waals surface area contributed by atoms with Crippen molar-refractivity contribution in [1.82, 2.24) is 10.2 Å². The van der Waals surface area contributed by atoms with Gasteiger partial charge in [0.15, 0.2) is 0 Å². The van der Waals surface area contributed by atoms with Gasteiger partial charge >= 0.3 is 6.09 Å². The number of thiol groups is 1. The van der Waals surface area contributed by atoms with Gasteiger partial charge in [-0.05, 0) is 69.9 Å². The highest BCUT2D eigenvalue weighted by Crippen LogP contribution is 2.29. The van der Waals surface area contributed by atoms with E-state index in [1.54, 1.807) is 26.8 Å². The van der Waals surface area contributed by atoms with Crippen molar-refractivity contribution in [2.24, 2.45) is 0 Å². The van der Waals surface area contributed by atoms with Crippen molar-refractivity contribution in [3.8, 4) is 0 Å². The maximum atomic E-state index is 14.0. The Balaban J connectivity index is 2.55. The van der Waals surface area contributed by atoms with E-state index in [0.717, 1.165) is 11.1 Å². The number of aryl methyl sites for hydroxylation is 1. The summed E-state index contributed by atoms with van der Waals surface area (Å²) in [6.07, 6.45) is 1.56. The van der Waals surface area contributed by atoms with Crippen LogP contribution in [0.5, 0.6) is 0 Å². The first kappa shape index (κ1) is 30.0. The molecule has 0 saturated carbocycles. The SMILES string of the molecule is C=Cc1cccc(C(C(=O)Nc2ccccc2C)N(C(=O)C(CS)NC(=O)OC(C)(C)C)C(C)CC)c1. The number of hydrogen-bond donors (Lipinski definition) is 3. The first-order valence-electron chi connectivity index (χ1n) is 12.4. The molecule has 3 unspecified atom stereocenters. The van der Waals surface area contributed by atoms with Gasteiger partial charge in [0, 0.05) is 17.5 Å². The minimum Gasteiger partial charge on any atom is -0.444 e. The second-order valence-electron chi connectivity index (χ2n) is 9.97. The Morgan fingerprint density at radius 1 is 1.14 bits per heavy atom. The largest absolute Gasteiger partial charge is 0.444 e. The molecule has 0 bridgehead atoms. The lowest BCUT2D eigenvalue weighted by molar-refractivity contribution is -0.142. The van der Waals surface area contributed by atoms with Crippen molar-refractivity contribution in [3.63, 3.8) is 0 Å². The summed E-state index contributed by atoms with van der Waals surface area (Å²) in [6, 6.07) is 12.5. The lowest BCUT2D eigenvalue weighted by atomic mass is 9.98. The molecule has 2 N–H and O–H groups in total. The number of carbonyl (C=O) groups is 3. The highest BCUT2D eigenvalue weighted by Gasteiger charge is 2.38. The van der Waals surface area contributed by atoms with Gasteiger partial charge in [-0.2, -0.15) is 12.6 Å². The molecule has 0 aliphatic heterocycles. The molecule has 0 aliphatic carbocycles. The van der Waals surface area contributed by atoms with Gasteiger partial charge in [-0.15, -0.1) is 0 Å². The fourth-order valence-corrected chi connectivity index (χ4v) is 4.07. The predicted molar refractivity (Wildman–Crippen MR) is 153 cm³/mol. The zero-order valence-corrected chi connectivity index (χ0v) is 23.5. The maximum absolute atomic E-state index is 14.0. The van der Waals surface area contributed by atoms with Crippen LogP contribution in [0.2, 0.25) is 0 Å². The molecular weight excluding hydrogens is 486 g/mol. The van der Waals surface area contributed by atoms with Crippen LogP contribution in [0.3, 0.4) is 0 Å². The van der Waals surface area contributed by atoms with Gasteiger partial charge in [-0.1, -0.05) is 56.0 Å². The minimum atomic E-state index is -0.997. The Morgan fingerprint density at radius 2 is 1.81 bits per heavy atom. The van der Waals surface area contributed by atoms with E-state index >= 15 is 0 Å². The topological polar surface area (TPSA) is 87.7 Å².